The van der Waals surface area contributed by atoms with Crippen LogP contribution < -0.4 is 10.6 Å². The third-order valence-corrected chi connectivity index (χ3v) is 7.49. The lowest BCUT2D eigenvalue weighted by Gasteiger charge is -2.36. The standard InChI is InChI=1S/C26H39N3O4/c1-18(26(32)29-10-12-33-13-11-29)6-9-24(19-7-8-19)25(31)28-17-23(30)15-22-14-20-4-2-3-5-21(20)16-27-22/h2-6,19-24,27,30H,7-17H2,1H3,(H,28,31)/b18-6+. The molecule has 3 N–H and O–H groups in total. The molecule has 0 aromatic carbocycles. The summed E-state index contributed by atoms with van der Waals surface area (Å²) in [5.41, 5.74) is 0.698. The zero-order valence-electron chi connectivity index (χ0n) is 19.7. The van der Waals surface area contributed by atoms with E-state index in [2.05, 4.69) is 34.9 Å². The molecule has 0 bridgehead atoms. The molecule has 0 spiro atoms. The number of nitrogens with one attached hydrogen (secondary N) is 2. The summed E-state index contributed by atoms with van der Waals surface area (Å²) in [6.45, 7) is 5.47. The highest BCUT2D eigenvalue weighted by Gasteiger charge is 2.36. The van der Waals surface area contributed by atoms with Crippen molar-refractivity contribution >= 4 is 11.8 Å². The van der Waals surface area contributed by atoms with E-state index in [1.807, 2.05) is 17.9 Å². The maximum absolute atomic E-state index is 12.9. The number of piperidine rings is 1. The van der Waals surface area contributed by atoms with Gasteiger partial charge in [-0.15, -0.1) is 0 Å². The molecule has 0 aromatic rings. The van der Waals surface area contributed by atoms with Crippen LogP contribution in [0.3, 0.4) is 0 Å². The first kappa shape index (κ1) is 24.2. The maximum Gasteiger partial charge on any atom is 0.249 e. The number of allylic oxidation sites excluding steroid dienone is 4. The van der Waals surface area contributed by atoms with Crippen LogP contribution in [0.4, 0.5) is 0 Å². The van der Waals surface area contributed by atoms with Crippen LogP contribution in [0.1, 0.15) is 39.0 Å². The predicted octanol–water partition coefficient (Wildman–Crippen LogP) is 1.80. The van der Waals surface area contributed by atoms with Gasteiger partial charge in [-0.05, 0) is 56.8 Å². The molecule has 5 unspecified atom stereocenters. The van der Waals surface area contributed by atoms with Crippen LogP contribution >= 0.6 is 0 Å². The van der Waals surface area contributed by atoms with Crippen LogP contribution in [-0.2, 0) is 14.3 Å². The van der Waals surface area contributed by atoms with Gasteiger partial charge in [0.1, 0.15) is 0 Å². The van der Waals surface area contributed by atoms with Crippen LogP contribution in [0.5, 0.6) is 0 Å². The van der Waals surface area contributed by atoms with E-state index in [9.17, 15) is 14.7 Å². The van der Waals surface area contributed by atoms with E-state index in [0.29, 0.717) is 62.5 Å². The average molecular weight is 458 g/mol. The third kappa shape index (κ3) is 6.78. The summed E-state index contributed by atoms with van der Waals surface area (Å²) in [4.78, 5) is 27.3. The maximum atomic E-state index is 12.9. The van der Waals surface area contributed by atoms with Gasteiger partial charge in [0.05, 0.1) is 19.3 Å². The summed E-state index contributed by atoms with van der Waals surface area (Å²) in [6.07, 6.45) is 14.5. The lowest BCUT2D eigenvalue weighted by Crippen LogP contribution is -2.46. The van der Waals surface area contributed by atoms with Crippen LogP contribution in [0.15, 0.2) is 36.0 Å². The fourth-order valence-electron chi connectivity index (χ4n) is 5.25. The summed E-state index contributed by atoms with van der Waals surface area (Å²) in [7, 11) is 0. The van der Waals surface area contributed by atoms with E-state index < -0.39 is 6.10 Å². The molecular weight excluding hydrogens is 418 g/mol. The minimum atomic E-state index is -0.564. The van der Waals surface area contributed by atoms with Crippen LogP contribution in [0, 0.1) is 23.7 Å². The second-order valence-corrected chi connectivity index (χ2v) is 10.0. The van der Waals surface area contributed by atoms with Crippen molar-refractivity contribution in [1.82, 2.24) is 15.5 Å². The van der Waals surface area contributed by atoms with Crippen molar-refractivity contribution in [2.24, 2.45) is 23.7 Å². The smallest absolute Gasteiger partial charge is 0.249 e. The summed E-state index contributed by atoms with van der Waals surface area (Å²) < 4.78 is 5.32. The first-order valence-electron chi connectivity index (χ1n) is 12.6. The summed E-state index contributed by atoms with van der Waals surface area (Å²) in [6, 6.07) is 0.269. The van der Waals surface area contributed by atoms with Crippen LogP contribution in [-0.4, -0.2) is 73.4 Å². The number of aliphatic hydroxyl groups is 1. The lowest BCUT2D eigenvalue weighted by molar-refractivity contribution is -0.131. The Morgan fingerprint density at radius 3 is 2.67 bits per heavy atom. The Kier molecular flexibility index (Phi) is 8.39. The van der Waals surface area contributed by atoms with Crippen LogP contribution in [0.2, 0.25) is 0 Å². The van der Waals surface area contributed by atoms with Gasteiger partial charge in [0.2, 0.25) is 11.8 Å². The molecule has 4 rings (SSSR count). The van der Waals surface area contributed by atoms with Crippen molar-refractivity contribution in [2.75, 3.05) is 39.4 Å². The molecule has 2 saturated heterocycles. The molecule has 5 atom stereocenters. The van der Waals surface area contributed by atoms with Gasteiger partial charge in [0.25, 0.3) is 0 Å². The Hall–Kier alpha value is -1.96. The predicted molar refractivity (Wildman–Crippen MR) is 127 cm³/mol. The highest BCUT2D eigenvalue weighted by molar-refractivity contribution is 5.93. The number of fused-ring (bicyclic) bond motifs is 1. The molecule has 7 heteroatoms. The Morgan fingerprint density at radius 2 is 1.94 bits per heavy atom. The topological polar surface area (TPSA) is 90.9 Å². The van der Waals surface area contributed by atoms with E-state index >= 15 is 0 Å². The number of hydrogen-bond acceptors (Lipinski definition) is 5. The largest absolute Gasteiger partial charge is 0.391 e. The molecule has 4 aliphatic rings. The van der Waals surface area contributed by atoms with Crippen molar-refractivity contribution in [3.8, 4) is 0 Å². The molecule has 2 amide bonds. The highest BCUT2D eigenvalue weighted by atomic mass is 16.5. The molecule has 33 heavy (non-hydrogen) atoms. The van der Waals surface area contributed by atoms with E-state index in [4.69, 9.17) is 4.74 Å². The molecule has 3 fully saturated rings. The Bertz CT molecular complexity index is 782. The van der Waals surface area contributed by atoms with Crippen molar-refractivity contribution in [3.05, 3.63) is 36.0 Å². The molecule has 0 radical (unpaired) electrons. The zero-order valence-corrected chi connectivity index (χ0v) is 19.7. The van der Waals surface area contributed by atoms with Crippen molar-refractivity contribution in [2.45, 2.75) is 51.2 Å². The number of carbonyl (C=O) groups excluding carboxylic acids is 2. The number of carbonyl (C=O) groups is 2. The summed E-state index contributed by atoms with van der Waals surface area (Å²) >= 11 is 0. The molecule has 1 saturated carbocycles. The molecular formula is C26H39N3O4. The van der Waals surface area contributed by atoms with Gasteiger partial charge in [-0.2, -0.15) is 0 Å². The quantitative estimate of drug-likeness (QED) is 0.459. The Morgan fingerprint density at radius 1 is 1.21 bits per heavy atom. The second-order valence-electron chi connectivity index (χ2n) is 10.0. The number of ether oxygens (including phenoxy) is 1. The first-order valence-corrected chi connectivity index (χ1v) is 12.6. The number of aliphatic hydroxyl groups excluding tert-OH is 1. The number of morpholine rings is 1. The van der Waals surface area contributed by atoms with Crippen molar-refractivity contribution in [1.29, 1.82) is 0 Å². The minimum Gasteiger partial charge on any atom is -0.391 e. The fourth-order valence-corrected chi connectivity index (χ4v) is 5.25. The van der Waals surface area contributed by atoms with E-state index in [1.54, 1.807) is 0 Å². The molecule has 2 aliphatic heterocycles. The molecule has 2 aliphatic carbocycles. The summed E-state index contributed by atoms with van der Waals surface area (Å²) in [5, 5.41) is 17.1. The van der Waals surface area contributed by atoms with Gasteiger partial charge >= 0.3 is 0 Å². The SMILES string of the molecule is C/C(=C\CC(C(=O)NCC(O)CC1CC2C=CC=CC2CN1)C1CC1)C(=O)N1CCOCC1. The van der Waals surface area contributed by atoms with E-state index in [-0.39, 0.29) is 30.3 Å². The lowest BCUT2D eigenvalue weighted by atomic mass is 9.79. The molecule has 7 nitrogen and oxygen atoms in total. The van der Waals surface area contributed by atoms with Gasteiger partial charge in [-0.1, -0.05) is 30.4 Å². The molecule has 182 valence electrons. The normalized spacial score (nSPS) is 29.3. The number of rotatable bonds is 9. The number of hydrogen-bond donors (Lipinski definition) is 3. The highest BCUT2D eigenvalue weighted by Crippen LogP contribution is 2.39. The number of nitrogens with zero attached hydrogens (tertiary/aromatic N) is 1. The van der Waals surface area contributed by atoms with Crippen molar-refractivity contribution < 1.29 is 19.4 Å². The average Bonchev–Trinajstić information content (AvgIpc) is 3.68. The fraction of sp³-hybridized carbons (Fsp3) is 0.692. The van der Waals surface area contributed by atoms with E-state index in [0.717, 1.165) is 25.8 Å². The van der Waals surface area contributed by atoms with E-state index in [1.165, 1.54) is 0 Å². The van der Waals surface area contributed by atoms with Gasteiger partial charge in [-0.3, -0.25) is 9.59 Å². The third-order valence-electron chi connectivity index (χ3n) is 7.49. The monoisotopic (exact) mass is 457 g/mol. The Labute approximate surface area is 197 Å². The Balaban J connectivity index is 1.21. The molecule has 0 aromatic heterocycles. The van der Waals surface area contributed by atoms with Crippen molar-refractivity contribution in [3.63, 3.8) is 0 Å². The van der Waals surface area contributed by atoms with Gasteiger partial charge in [0, 0.05) is 43.7 Å². The van der Waals surface area contributed by atoms with Gasteiger partial charge < -0.3 is 25.4 Å². The second kappa shape index (κ2) is 11.4. The van der Waals surface area contributed by atoms with Crippen LogP contribution in [0.25, 0.3) is 0 Å². The van der Waals surface area contributed by atoms with Gasteiger partial charge in [0.15, 0.2) is 0 Å². The van der Waals surface area contributed by atoms with Gasteiger partial charge in [-0.25, -0.2) is 0 Å². The minimum absolute atomic E-state index is 0.00330. The zero-order chi connectivity index (χ0) is 23.2. The number of amides is 2. The summed E-state index contributed by atoms with van der Waals surface area (Å²) in [5.74, 6) is 1.38. The molecule has 2 heterocycles. The first-order chi connectivity index (χ1) is 16.0.